The van der Waals surface area contributed by atoms with Crippen molar-refractivity contribution in [1.82, 2.24) is 0 Å². The summed E-state index contributed by atoms with van der Waals surface area (Å²) in [5.41, 5.74) is 6.93. The average molecular weight is 278 g/mol. The van der Waals surface area contributed by atoms with Crippen LogP contribution >= 0.6 is 11.3 Å². The summed E-state index contributed by atoms with van der Waals surface area (Å²) in [5.74, 6) is -0.511. The highest BCUT2D eigenvalue weighted by Crippen LogP contribution is 2.26. The van der Waals surface area contributed by atoms with Crippen molar-refractivity contribution in [3.05, 3.63) is 45.9 Å². The van der Waals surface area contributed by atoms with Crippen LogP contribution in [-0.2, 0) is 0 Å². The molecule has 0 aliphatic heterocycles. The fraction of sp³-hybridized carbons (Fsp3) is 0.214. The summed E-state index contributed by atoms with van der Waals surface area (Å²) in [4.78, 5) is 15.4. The van der Waals surface area contributed by atoms with E-state index in [1.54, 1.807) is 18.2 Å². The fourth-order valence-corrected chi connectivity index (χ4v) is 2.71. The quantitative estimate of drug-likeness (QED) is 0.934. The van der Waals surface area contributed by atoms with Crippen molar-refractivity contribution in [1.29, 1.82) is 0 Å². The highest BCUT2D eigenvalue weighted by molar-refractivity contribution is 7.14. The van der Waals surface area contributed by atoms with Crippen LogP contribution < -0.4 is 10.6 Å². The number of rotatable bonds is 3. The van der Waals surface area contributed by atoms with Gasteiger partial charge in [-0.15, -0.1) is 11.3 Å². The molecular formula is C14H15FN2OS. The zero-order valence-corrected chi connectivity index (χ0v) is 11.6. The molecular weight excluding hydrogens is 263 g/mol. The van der Waals surface area contributed by atoms with E-state index in [1.165, 1.54) is 28.4 Å². The zero-order chi connectivity index (χ0) is 14.0. The monoisotopic (exact) mass is 278 g/mol. The van der Waals surface area contributed by atoms with E-state index < -0.39 is 0 Å². The van der Waals surface area contributed by atoms with E-state index in [0.717, 1.165) is 4.88 Å². The molecule has 100 valence electrons. The molecule has 0 aliphatic carbocycles. The summed E-state index contributed by atoms with van der Waals surface area (Å²) in [6.07, 6.45) is 0. The molecule has 0 radical (unpaired) electrons. The number of carbonyl (C=O) groups is 1. The number of halogens is 1. The Kier molecular flexibility index (Phi) is 3.85. The van der Waals surface area contributed by atoms with Gasteiger partial charge in [0.05, 0.1) is 4.88 Å². The van der Waals surface area contributed by atoms with E-state index >= 15 is 0 Å². The van der Waals surface area contributed by atoms with Crippen LogP contribution in [0.15, 0.2) is 30.3 Å². The molecule has 1 aromatic heterocycles. The Hall–Kier alpha value is -1.88. The summed E-state index contributed by atoms with van der Waals surface area (Å²) < 4.78 is 13.2. The third-order valence-corrected chi connectivity index (χ3v) is 3.90. The van der Waals surface area contributed by atoms with Crippen LogP contribution in [-0.4, -0.2) is 12.5 Å². The summed E-state index contributed by atoms with van der Waals surface area (Å²) in [6.45, 7) is 4.20. The highest BCUT2D eigenvalue weighted by atomic mass is 32.1. The maximum atomic E-state index is 13.2. The third-order valence-electron chi connectivity index (χ3n) is 2.85. The molecule has 0 unspecified atom stereocenters. The summed E-state index contributed by atoms with van der Waals surface area (Å²) in [5, 5.41) is 0. The second-order valence-electron chi connectivity index (χ2n) is 4.15. The molecule has 0 aliphatic rings. The normalized spacial score (nSPS) is 10.5. The minimum Gasteiger partial charge on any atom is -0.398 e. The fourth-order valence-electron chi connectivity index (χ4n) is 1.82. The lowest BCUT2D eigenvalue weighted by Gasteiger charge is -2.20. The van der Waals surface area contributed by atoms with Crippen molar-refractivity contribution in [2.75, 3.05) is 17.2 Å². The molecule has 3 nitrogen and oxygen atoms in total. The zero-order valence-electron chi connectivity index (χ0n) is 10.8. The van der Waals surface area contributed by atoms with Crippen LogP contribution in [0.5, 0.6) is 0 Å². The lowest BCUT2D eigenvalue weighted by molar-refractivity contribution is 0.0992. The third kappa shape index (κ3) is 2.76. The first kappa shape index (κ1) is 13.5. The van der Waals surface area contributed by atoms with Crippen LogP contribution in [0.3, 0.4) is 0 Å². The molecule has 1 aromatic carbocycles. The minimum atomic E-state index is -0.356. The SMILES string of the molecule is CCN(C(=O)c1cc(N)c(C)s1)c1cccc(F)c1. The van der Waals surface area contributed by atoms with Gasteiger partial charge in [0, 0.05) is 22.8 Å². The first-order valence-electron chi connectivity index (χ1n) is 5.96. The van der Waals surface area contributed by atoms with Gasteiger partial charge in [0.25, 0.3) is 5.91 Å². The molecule has 0 fully saturated rings. The number of hydrogen-bond donors (Lipinski definition) is 1. The van der Waals surface area contributed by atoms with Crippen molar-refractivity contribution < 1.29 is 9.18 Å². The van der Waals surface area contributed by atoms with Crippen LogP contribution in [0.25, 0.3) is 0 Å². The van der Waals surface area contributed by atoms with Gasteiger partial charge in [0.1, 0.15) is 5.82 Å². The number of aryl methyl sites for hydroxylation is 1. The van der Waals surface area contributed by atoms with Crippen LogP contribution in [0.1, 0.15) is 21.5 Å². The van der Waals surface area contributed by atoms with E-state index in [1.807, 2.05) is 13.8 Å². The molecule has 0 bridgehead atoms. The number of thiophene rings is 1. The number of nitrogen functional groups attached to an aromatic ring is 1. The van der Waals surface area contributed by atoms with Gasteiger partial charge in [-0.3, -0.25) is 4.79 Å². The summed E-state index contributed by atoms with van der Waals surface area (Å²) in [7, 11) is 0. The Bertz CT molecular complexity index is 590. The number of carbonyl (C=O) groups excluding carboxylic acids is 1. The molecule has 2 rings (SSSR count). The Balaban J connectivity index is 2.34. The van der Waals surface area contributed by atoms with Gasteiger partial charge in [-0.1, -0.05) is 6.07 Å². The van der Waals surface area contributed by atoms with Gasteiger partial charge in [-0.25, -0.2) is 4.39 Å². The second kappa shape index (κ2) is 5.40. The number of nitrogens with two attached hydrogens (primary N) is 1. The van der Waals surface area contributed by atoms with E-state index in [9.17, 15) is 9.18 Å². The molecule has 0 atom stereocenters. The van der Waals surface area contributed by atoms with E-state index in [4.69, 9.17) is 5.73 Å². The van der Waals surface area contributed by atoms with Crippen LogP contribution in [0, 0.1) is 12.7 Å². The standard InChI is InChI=1S/C14H15FN2OS/c1-3-17(11-6-4-5-10(15)7-11)14(18)13-8-12(16)9(2)19-13/h4-8H,3,16H2,1-2H3. The Morgan fingerprint density at radius 2 is 2.16 bits per heavy atom. The summed E-state index contributed by atoms with van der Waals surface area (Å²) in [6, 6.07) is 7.69. The van der Waals surface area contributed by atoms with E-state index in [0.29, 0.717) is 22.8 Å². The number of amides is 1. The Labute approximate surface area is 115 Å². The molecule has 2 N–H and O–H groups in total. The van der Waals surface area contributed by atoms with Crippen LogP contribution in [0.2, 0.25) is 0 Å². The molecule has 19 heavy (non-hydrogen) atoms. The van der Waals surface area contributed by atoms with Crippen molar-refractivity contribution in [2.24, 2.45) is 0 Å². The summed E-state index contributed by atoms with van der Waals surface area (Å²) >= 11 is 1.36. The molecule has 5 heteroatoms. The number of benzene rings is 1. The van der Waals surface area contributed by atoms with Gasteiger partial charge in [0.2, 0.25) is 0 Å². The van der Waals surface area contributed by atoms with Crippen molar-refractivity contribution in [2.45, 2.75) is 13.8 Å². The second-order valence-corrected chi connectivity index (χ2v) is 5.41. The molecule has 0 saturated heterocycles. The van der Waals surface area contributed by atoms with Gasteiger partial charge in [0.15, 0.2) is 0 Å². The van der Waals surface area contributed by atoms with Gasteiger partial charge >= 0.3 is 0 Å². The molecule has 0 spiro atoms. The maximum absolute atomic E-state index is 13.2. The molecule has 2 aromatic rings. The predicted molar refractivity (Wildman–Crippen MR) is 77.2 cm³/mol. The Morgan fingerprint density at radius 3 is 2.68 bits per heavy atom. The van der Waals surface area contributed by atoms with E-state index in [2.05, 4.69) is 0 Å². The van der Waals surface area contributed by atoms with Crippen molar-refractivity contribution in [3.63, 3.8) is 0 Å². The number of hydrogen-bond acceptors (Lipinski definition) is 3. The smallest absolute Gasteiger partial charge is 0.268 e. The van der Waals surface area contributed by atoms with Crippen LogP contribution in [0.4, 0.5) is 15.8 Å². The van der Waals surface area contributed by atoms with Gasteiger partial charge < -0.3 is 10.6 Å². The number of nitrogens with zero attached hydrogens (tertiary/aromatic N) is 1. The molecule has 1 amide bonds. The van der Waals surface area contributed by atoms with Gasteiger partial charge in [-0.2, -0.15) is 0 Å². The average Bonchev–Trinajstić information content (AvgIpc) is 2.70. The lowest BCUT2D eigenvalue weighted by atomic mass is 10.2. The predicted octanol–water partition coefficient (Wildman–Crippen LogP) is 3.44. The molecule has 1 heterocycles. The van der Waals surface area contributed by atoms with E-state index in [-0.39, 0.29) is 11.7 Å². The first-order valence-corrected chi connectivity index (χ1v) is 6.78. The first-order chi connectivity index (χ1) is 9.02. The molecule has 0 saturated carbocycles. The maximum Gasteiger partial charge on any atom is 0.268 e. The van der Waals surface area contributed by atoms with Crippen molar-refractivity contribution >= 4 is 28.6 Å². The van der Waals surface area contributed by atoms with Gasteiger partial charge in [-0.05, 0) is 38.1 Å². The highest BCUT2D eigenvalue weighted by Gasteiger charge is 2.19. The topological polar surface area (TPSA) is 46.3 Å². The minimum absolute atomic E-state index is 0.155. The Morgan fingerprint density at radius 1 is 1.42 bits per heavy atom. The largest absolute Gasteiger partial charge is 0.398 e. The lowest BCUT2D eigenvalue weighted by Crippen LogP contribution is -2.30. The number of anilines is 2. The van der Waals surface area contributed by atoms with Crippen molar-refractivity contribution in [3.8, 4) is 0 Å².